The van der Waals surface area contributed by atoms with Crippen LogP contribution in [0.1, 0.15) is 24.8 Å². The fourth-order valence-electron chi connectivity index (χ4n) is 4.12. The molecule has 1 atom stereocenters. The molecule has 0 spiro atoms. The molecule has 2 aromatic carbocycles. The van der Waals surface area contributed by atoms with Gasteiger partial charge in [0.05, 0.1) is 29.4 Å². The minimum atomic E-state index is -0.685. The van der Waals surface area contributed by atoms with Gasteiger partial charge < -0.3 is 19.9 Å². The average molecular weight is 438 g/mol. The Morgan fingerprint density at radius 2 is 1.91 bits per heavy atom. The van der Waals surface area contributed by atoms with Gasteiger partial charge in [0, 0.05) is 25.2 Å². The summed E-state index contributed by atoms with van der Waals surface area (Å²) in [7, 11) is 0. The van der Waals surface area contributed by atoms with Gasteiger partial charge in [0.25, 0.3) is 11.6 Å². The van der Waals surface area contributed by atoms with Gasteiger partial charge in [-0.2, -0.15) is 0 Å². The van der Waals surface area contributed by atoms with Crippen molar-refractivity contribution in [1.82, 2.24) is 4.90 Å². The zero-order chi connectivity index (χ0) is 22.7. The molecule has 0 bridgehead atoms. The van der Waals surface area contributed by atoms with Crippen molar-refractivity contribution in [2.45, 2.75) is 32.3 Å². The fourth-order valence-corrected chi connectivity index (χ4v) is 4.12. The number of fused-ring (bicyclic) bond motifs is 1. The van der Waals surface area contributed by atoms with Crippen LogP contribution >= 0.6 is 0 Å². The molecule has 32 heavy (non-hydrogen) atoms. The van der Waals surface area contributed by atoms with Crippen molar-refractivity contribution in [2.75, 3.05) is 36.4 Å². The SMILES string of the molecule is Cc1ccc([N+](=O)[O-])cc1NC(=O)CN1C[C@H](C(=O)N2CCCCC2)Oc2ccccc21. The minimum absolute atomic E-state index is 0.00765. The number of nitrogens with zero attached hydrogens (tertiary/aromatic N) is 3. The Balaban J connectivity index is 1.50. The van der Waals surface area contributed by atoms with Crippen LogP contribution in [-0.2, 0) is 9.59 Å². The molecule has 2 aromatic rings. The second-order valence-electron chi connectivity index (χ2n) is 8.15. The first-order valence-electron chi connectivity index (χ1n) is 10.8. The Morgan fingerprint density at radius 3 is 2.66 bits per heavy atom. The lowest BCUT2D eigenvalue weighted by Crippen LogP contribution is -2.52. The number of hydrogen-bond donors (Lipinski definition) is 1. The van der Waals surface area contributed by atoms with Crippen LogP contribution in [0.4, 0.5) is 17.1 Å². The first-order chi connectivity index (χ1) is 15.4. The van der Waals surface area contributed by atoms with E-state index in [0.29, 0.717) is 11.4 Å². The molecule has 2 aliphatic heterocycles. The molecule has 1 fully saturated rings. The van der Waals surface area contributed by atoms with E-state index in [0.717, 1.165) is 43.6 Å². The normalized spacial score (nSPS) is 17.8. The molecule has 9 nitrogen and oxygen atoms in total. The smallest absolute Gasteiger partial charge is 0.271 e. The highest BCUT2D eigenvalue weighted by Crippen LogP contribution is 2.33. The minimum Gasteiger partial charge on any atom is -0.477 e. The highest BCUT2D eigenvalue weighted by Gasteiger charge is 2.34. The number of aryl methyl sites for hydroxylation is 1. The number of ether oxygens (including phenoxy) is 1. The molecule has 4 rings (SSSR count). The number of carbonyl (C=O) groups is 2. The molecular formula is C23H26N4O5. The number of anilines is 2. The summed E-state index contributed by atoms with van der Waals surface area (Å²) in [4.78, 5) is 40.1. The van der Waals surface area contributed by atoms with Crippen LogP contribution in [0, 0.1) is 17.0 Å². The number of rotatable bonds is 5. The highest BCUT2D eigenvalue weighted by atomic mass is 16.6. The van der Waals surface area contributed by atoms with Crippen molar-refractivity contribution < 1.29 is 19.2 Å². The molecule has 2 heterocycles. The highest BCUT2D eigenvalue weighted by molar-refractivity contribution is 5.95. The molecule has 1 saturated heterocycles. The van der Waals surface area contributed by atoms with Gasteiger partial charge in [-0.1, -0.05) is 18.2 Å². The van der Waals surface area contributed by atoms with Gasteiger partial charge >= 0.3 is 0 Å². The largest absolute Gasteiger partial charge is 0.477 e. The van der Waals surface area contributed by atoms with Crippen LogP contribution in [0.15, 0.2) is 42.5 Å². The summed E-state index contributed by atoms with van der Waals surface area (Å²) in [6, 6.07) is 11.7. The van der Waals surface area contributed by atoms with Crippen LogP contribution in [0.3, 0.4) is 0 Å². The predicted octanol–water partition coefficient (Wildman–Crippen LogP) is 3.12. The monoisotopic (exact) mass is 438 g/mol. The maximum Gasteiger partial charge on any atom is 0.271 e. The number of piperidine rings is 1. The fraction of sp³-hybridized carbons (Fsp3) is 0.391. The number of carbonyl (C=O) groups excluding carboxylic acids is 2. The molecule has 0 aliphatic carbocycles. The summed E-state index contributed by atoms with van der Waals surface area (Å²) in [6.07, 6.45) is 2.42. The van der Waals surface area contributed by atoms with Crippen LogP contribution in [0.2, 0.25) is 0 Å². The average Bonchev–Trinajstić information content (AvgIpc) is 2.80. The van der Waals surface area contributed by atoms with Gasteiger partial charge in [-0.15, -0.1) is 0 Å². The Morgan fingerprint density at radius 1 is 1.16 bits per heavy atom. The first kappa shape index (κ1) is 21.6. The van der Waals surface area contributed by atoms with Crippen LogP contribution in [0.25, 0.3) is 0 Å². The van der Waals surface area contributed by atoms with Crippen LogP contribution in [0.5, 0.6) is 5.75 Å². The number of hydrogen-bond acceptors (Lipinski definition) is 6. The van der Waals surface area contributed by atoms with Crippen LogP contribution < -0.4 is 15.0 Å². The van der Waals surface area contributed by atoms with Gasteiger partial charge in [-0.25, -0.2) is 0 Å². The third-order valence-electron chi connectivity index (χ3n) is 5.85. The maximum absolute atomic E-state index is 13.0. The lowest BCUT2D eigenvalue weighted by Gasteiger charge is -2.38. The number of nitro benzene ring substituents is 1. The van der Waals surface area contributed by atoms with E-state index in [1.54, 1.807) is 19.1 Å². The van der Waals surface area contributed by atoms with E-state index < -0.39 is 11.0 Å². The van der Waals surface area contributed by atoms with Crippen molar-refractivity contribution in [1.29, 1.82) is 0 Å². The molecule has 1 N–H and O–H groups in total. The van der Waals surface area contributed by atoms with Gasteiger partial charge in [-0.3, -0.25) is 19.7 Å². The quantitative estimate of drug-likeness (QED) is 0.568. The third-order valence-corrected chi connectivity index (χ3v) is 5.85. The van der Waals surface area contributed by atoms with Crippen molar-refractivity contribution in [3.8, 4) is 5.75 Å². The number of para-hydroxylation sites is 2. The summed E-state index contributed by atoms with van der Waals surface area (Å²) in [6.45, 7) is 3.48. The molecular weight excluding hydrogens is 412 g/mol. The first-order valence-corrected chi connectivity index (χ1v) is 10.8. The van der Waals surface area contributed by atoms with Gasteiger partial charge in [0.2, 0.25) is 5.91 Å². The molecule has 2 amide bonds. The number of nitrogens with one attached hydrogen (secondary N) is 1. The van der Waals surface area contributed by atoms with Crippen molar-refractivity contribution in [3.05, 3.63) is 58.1 Å². The lowest BCUT2D eigenvalue weighted by molar-refractivity contribution is -0.384. The lowest BCUT2D eigenvalue weighted by atomic mass is 10.1. The predicted molar refractivity (Wildman–Crippen MR) is 120 cm³/mol. The van der Waals surface area contributed by atoms with Crippen LogP contribution in [-0.4, -0.2) is 53.9 Å². The Labute approximate surface area is 186 Å². The number of non-ortho nitro benzene ring substituents is 1. The summed E-state index contributed by atoms with van der Waals surface area (Å²) < 4.78 is 6.00. The van der Waals surface area contributed by atoms with Gasteiger partial charge in [-0.05, 0) is 43.9 Å². The Bertz CT molecular complexity index is 1030. The summed E-state index contributed by atoms with van der Waals surface area (Å²) in [5.41, 5.74) is 1.77. The topological polar surface area (TPSA) is 105 Å². The molecule has 9 heteroatoms. The zero-order valence-electron chi connectivity index (χ0n) is 18.0. The maximum atomic E-state index is 13.0. The van der Waals surface area contributed by atoms with E-state index in [2.05, 4.69) is 5.32 Å². The summed E-state index contributed by atoms with van der Waals surface area (Å²) in [5, 5.41) is 13.8. The van der Waals surface area contributed by atoms with E-state index in [9.17, 15) is 19.7 Å². The molecule has 2 aliphatic rings. The van der Waals surface area contributed by atoms with E-state index in [1.165, 1.54) is 12.1 Å². The third kappa shape index (κ3) is 4.66. The zero-order valence-corrected chi connectivity index (χ0v) is 18.0. The molecule has 0 radical (unpaired) electrons. The van der Waals surface area contributed by atoms with Crippen molar-refractivity contribution in [3.63, 3.8) is 0 Å². The number of amides is 2. The molecule has 0 aromatic heterocycles. The van der Waals surface area contributed by atoms with Crippen molar-refractivity contribution >= 4 is 28.9 Å². The second kappa shape index (κ2) is 9.25. The Kier molecular flexibility index (Phi) is 6.25. The molecule has 0 unspecified atom stereocenters. The van der Waals surface area contributed by atoms with Gasteiger partial charge in [0.15, 0.2) is 6.10 Å². The van der Waals surface area contributed by atoms with Crippen molar-refractivity contribution in [2.24, 2.45) is 0 Å². The summed E-state index contributed by atoms with van der Waals surface area (Å²) >= 11 is 0. The van der Waals surface area contributed by atoms with E-state index in [-0.39, 0.29) is 30.6 Å². The number of nitro groups is 1. The molecule has 168 valence electrons. The van der Waals surface area contributed by atoms with E-state index in [4.69, 9.17) is 4.74 Å². The van der Waals surface area contributed by atoms with E-state index >= 15 is 0 Å². The van der Waals surface area contributed by atoms with Gasteiger partial charge in [0.1, 0.15) is 5.75 Å². The number of benzene rings is 2. The number of likely N-dealkylation sites (tertiary alicyclic amines) is 1. The van der Waals surface area contributed by atoms with E-state index in [1.807, 2.05) is 28.0 Å². The standard InChI is InChI=1S/C23H26N4O5/c1-16-9-10-17(27(30)31)13-18(16)24-22(28)15-26-14-21(23(29)25-11-5-2-6-12-25)32-20-8-4-3-7-19(20)26/h3-4,7-10,13,21H,2,5-6,11-12,14-15H2,1H3,(H,24,28)/t21-/m1/s1. The summed E-state index contributed by atoms with van der Waals surface area (Å²) in [5.74, 6) is 0.182. The second-order valence-corrected chi connectivity index (χ2v) is 8.15. The molecule has 0 saturated carbocycles. The Hall–Kier alpha value is -3.62.